The summed E-state index contributed by atoms with van der Waals surface area (Å²) in [6, 6.07) is 3.65. The highest BCUT2D eigenvalue weighted by molar-refractivity contribution is 5.95. The summed E-state index contributed by atoms with van der Waals surface area (Å²) in [5.41, 5.74) is 0.486. The molecule has 1 heterocycles. The maximum absolute atomic E-state index is 12.9. The predicted molar refractivity (Wildman–Crippen MR) is 109 cm³/mol. The molecule has 1 aliphatic rings. The molecule has 0 spiro atoms. The van der Waals surface area contributed by atoms with Crippen molar-refractivity contribution in [1.29, 1.82) is 0 Å². The first-order chi connectivity index (χ1) is 13.6. The predicted octanol–water partition coefficient (Wildman–Crippen LogP) is 2.58. The van der Waals surface area contributed by atoms with Gasteiger partial charge in [-0.25, -0.2) is 0 Å². The Hall–Kier alpha value is -1.99. The van der Waals surface area contributed by atoms with Gasteiger partial charge in [0.1, 0.15) is 0 Å². The summed E-state index contributed by atoms with van der Waals surface area (Å²) >= 11 is 0. The Labute approximate surface area is 168 Å². The smallest absolute Gasteiger partial charge is 0.251 e. The molecule has 0 aliphatic carbocycles. The number of rotatable bonds is 10. The largest absolute Gasteiger partial charge is 0.493 e. The monoisotopic (exact) mass is 394 g/mol. The second-order valence-electron chi connectivity index (χ2n) is 6.92. The van der Waals surface area contributed by atoms with Gasteiger partial charge in [0.05, 0.1) is 34.5 Å². The quantitative estimate of drug-likeness (QED) is 0.658. The molecule has 0 aromatic heterocycles. The van der Waals surface area contributed by atoms with E-state index >= 15 is 0 Å². The fourth-order valence-corrected chi connectivity index (χ4v) is 3.85. The molecule has 0 radical (unpaired) electrons. The van der Waals surface area contributed by atoms with Gasteiger partial charge in [-0.15, -0.1) is 0 Å². The van der Waals surface area contributed by atoms with E-state index in [9.17, 15) is 4.79 Å². The van der Waals surface area contributed by atoms with Crippen LogP contribution in [0.4, 0.5) is 0 Å². The first-order valence-corrected chi connectivity index (χ1v) is 9.99. The van der Waals surface area contributed by atoms with Crippen molar-refractivity contribution in [2.75, 3.05) is 54.2 Å². The second-order valence-corrected chi connectivity index (χ2v) is 6.92. The lowest BCUT2D eigenvalue weighted by Gasteiger charge is -2.38. The number of carbonyl (C=O) groups is 1. The lowest BCUT2D eigenvalue weighted by molar-refractivity contribution is 0.00191. The number of amides is 1. The standard InChI is InChI=1S/C21H34N2O5/c1-6-15(7-2)17(23-8-10-28-11-9-23)14-22-21(24)16-12-18(25-3)20(27-5)19(13-16)26-4/h12-13,15,17H,6-11,14H2,1-5H3,(H,22,24). The molecule has 1 unspecified atom stereocenters. The lowest BCUT2D eigenvalue weighted by Crippen LogP contribution is -2.52. The van der Waals surface area contributed by atoms with Crippen molar-refractivity contribution in [1.82, 2.24) is 10.2 Å². The average Bonchev–Trinajstić information content (AvgIpc) is 2.75. The lowest BCUT2D eigenvalue weighted by atomic mass is 9.92. The summed E-state index contributed by atoms with van der Waals surface area (Å²) in [5, 5.41) is 3.11. The van der Waals surface area contributed by atoms with E-state index in [1.807, 2.05) is 0 Å². The molecule has 1 fully saturated rings. The zero-order chi connectivity index (χ0) is 20.5. The Balaban J connectivity index is 2.15. The Morgan fingerprint density at radius 2 is 1.64 bits per heavy atom. The van der Waals surface area contributed by atoms with Crippen LogP contribution in [0, 0.1) is 5.92 Å². The van der Waals surface area contributed by atoms with Gasteiger partial charge in [0.25, 0.3) is 5.91 Å². The zero-order valence-electron chi connectivity index (χ0n) is 17.7. The summed E-state index contributed by atoms with van der Waals surface area (Å²) in [4.78, 5) is 15.3. The summed E-state index contributed by atoms with van der Waals surface area (Å²) < 4.78 is 21.5. The fraction of sp³-hybridized carbons (Fsp3) is 0.667. The van der Waals surface area contributed by atoms with Gasteiger partial charge in [0, 0.05) is 31.2 Å². The molecule has 1 saturated heterocycles. The number of nitrogens with one attached hydrogen (secondary N) is 1. The molecule has 1 atom stereocenters. The van der Waals surface area contributed by atoms with Crippen LogP contribution in [-0.4, -0.2) is 71.0 Å². The summed E-state index contributed by atoms with van der Waals surface area (Å²) in [6.07, 6.45) is 2.16. The number of hydrogen-bond donors (Lipinski definition) is 1. The third kappa shape index (κ3) is 5.29. The molecule has 158 valence electrons. The van der Waals surface area contributed by atoms with Crippen LogP contribution < -0.4 is 19.5 Å². The minimum Gasteiger partial charge on any atom is -0.493 e. The Morgan fingerprint density at radius 3 is 2.11 bits per heavy atom. The van der Waals surface area contributed by atoms with Crippen molar-refractivity contribution in [2.24, 2.45) is 5.92 Å². The van der Waals surface area contributed by atoms with Crippen molar-refractivity contribution in [3.8, 4) is 17.2 Å². The van der Waals surface area contributed by atoms with Crippen molar-refractivity contribution < 1.29 is 23.7 Å². The van der Waals surface area contributed by atoms with E-state index in [1.54, 1.807) is 33.5 Å². The number of ether oxygens (including phenoxy) is 4. The molecule has 1 aliphatic heterocycles. The van der Waals surface area contributed by atoms with Crippen LogP contribution in [0.5, 0.6) is 17.2 Å². The van der Waals surface area contributed by atoms with Crippen LogP contribution >= 0.6 is 0 Å². The third-order valence-electron chi connectivity index (χ3n) is 5.51. The Kier molecular flexibility index (Phi) is 8.86. The molecule has 7 nitrogen and oxygen atoms in total. The number of methoxy groups -OCH3 is 3. The molecule has 28 heavy (non-hydrogen) atoms. The molecule has 1 amide bonds. The number of carbonyl (C=O) groups excluding carboxylic acids is 1. The van der Waals surface area contributed by atoms with Gasteiger partial charge in [0.2, 0.25) is 5.75 Å². The van der Waals surface area contributed by atoms with Crippen molar-refractivity contribution >= 4 is 5.91 Å². The van der Waals surface area contributed by atoms with Crippen LogP contribution in [0.3, 0.4) is 0 Å². The van der Waals surface area contributed by atoms with E-state index in [0.717, 1.165) is 39.1 Å². The third-order valence-corrected chi connectivity index (χ3v) is 5.51. The first-order valence-electron chi connectivity index (χ1n) is 9.99. The normalized spacial score (nSPS) is 15.9. The minimum absolute atomic E-state index is 0.150. The number of benzene rings is 1. The zero-order valence-corrected chi connectivity index (χ0v) is 17.7. The van der Waals surface area contributed by atoms with E-state index in [0.29, 0.717) is 41.3 Å². The van der Waals surface area contributed by atoms with Crippen molar-refractivity contribution in [3.05, 3.63) is 17.7 Å². The van der Waals surface area contributed by atoms with E-state index in [2.05, 4.69) is 24.1 Å². The highest BCUT2D eigenvalue weighted by atomic mass is 16.5. The van der Waals surface area contributed by atoms with Crippen molar-refractivity contribution in [3.63, 3.8) is 0 Å². The molecule has 1 N–H and O–H groups in total. The number of hydrogen-bond acceptors (Lipinski definition) is 6. The van der Waals surface area contributed by atoms with Gasteiger partial charge in [-0.05, 0) is 18.1 Å². The number of nitrogens with zero attached hydrogens (tertiary/aromatic N) is 1. The summed E-state index contributed by atoms with van der Waals surface area (Å²) in [7, 11) is 4.63. The van der Waals surface area contributed by atoms with Crippen LogP contribution in [-0.2, 0) is 4.74 Å². The van der Waals surface area contributed by atoms with E-state index in [4.69, 9.17) is 18.9 Å². The summed E-state index contributed by atoms with van der Waals surface area (Å²) in [6.45, 7) is 8.32. The van der Waals surface area contributed by atoms with Gasteiger partial charge >= 0.3 is 0 Å². The number of morpholine rings is 1. The van der Waals surface area contributed by atoms with E-state index < -0.39 is 0 Å². The highest BCUT2D eigenvalue weighted by Crippen LogP contribution is 2.38. The topological polar surface area (TPSA) is 69.3 Å². The molecule has 0 saturated carbocycles. The first kappa shape index (κ1) is 22.3. The van der Waals surface area contributed by atoms with Crippen LogP contribution in [0.25, 0.3) is 0 Å². The van der Waals surface area contributed by atoms with Gasteiger partial charge in [-0.1, -0.05) is 26.7 Å². The van der Waals surface area contributed by atoms with E-state index in [-0.39, 0.29) is 5.91 Å². The molecular formula is C21H34N2O5. The summed E-state index contributed by atoms with van der Waals surface area (Å²) in [5.74, 6) is 1.79. The SMILES string of the molecule is CCC(CC)C(CNC(=O)c1cc(OC)c(OC)c(OC)c1)N1CCOCC1. The molecule has 1 aromatic carbocycles. The molecule has 1 aromatic rings. The van der Waals surface area contributed by atoms with Gasteiger partial charge in [-0.2, -0.15) is 0 Å². The fourth-order valence-electron chi connectivity index (χ4n) is 3.85. The van der Waals surface area contributed by atoms with E-state index in [1.165, 1.54) is 0 Å². The van der Waals surface area contributed by atoms with Gasteiger partial charge in [-0.3, -0.25) is 9.69 Å². The van der Waals surface area contributed by atoms with Crippen LogP contribution in [0.15, 0.2) is 12.1 Å². The second kappa shape index (κ2) is 11.1. The Morgan fingerprint density at radius 1 is 1.07 bits per heavy atom. The van der Waals surface area contributed by atoms with Gasteiger partial charge < -0.3 is 24.3 Å². The minimum atomic E-state index is -0.150. The maximum Gasteiger partial charge on any atom is 0.251 e. The highest BCUT2D eigenvalue weighted by Gasteiger charge is 2.27. The molecule has 7 heteroatoms. The van der Waals surface area contributed by atoms with Crippen LogP contribution in [0.1, 0.15) is 37.0 Å². The Bertz CT molecular complexity index is 602. The van der Waals surface area contributed by atoms with Crippen molar-refractivity contribution in [2.45, 2.75) is 32.7 Å². The van der Waals surface area contributed by atoms with Crippen LogP contribution in [0.2, 0.25) is 0 Å². The molecular weight excluding hydrogens is 360 g/mol. The molecule has 0 bridgehead atoms. The average molecular weight is 395 g/mol. The van der Waals surface area contributed by atoms with Gasteiger partial charge in [0.15, 0.2) is 11.5 Å². The maximum atomic E-state index is 12.9. The molecule has 2 rings (SSSR count).